The summed E-state index contributed by atoms with van der Waals surface area (Å²) in [6.45, 7) is 4.40. The van der Waals surface area contributed by atoms with Gasteiger partial charge in [-0.15, -0.1) is 0 Å². The number of hydrogen-bond acceptors (Lipinski definition) is 3. The molecular formula is C23H26FN3O2. The molecule has 2 aromatic carbocycles. The number of nitrogens with zero attached hydrogens (tertiary/aromatic N) is 2. The molecule has 0 radical (unpaired) electrons. The minimum Gasteiger partial charge on any atom is -0.370 e. The van der Waals surface area contributed by atoms with Crippen LogP contribution in [0, 0.1) is 17.7 Å². The zero-order valence-corrected chi connectivity index (χ0v) is 16.6. The minimum atomic E-state index is -0.503. The van der Waals surface area contributed by atoms with Gasteiger partial charge in [-0.3, -0.25) is 9.59 Å². The molecule has 1 atom stereocenters. The molecule has 29 heavy (non-hydrogen) atoms. The van der Waals surface area contributed by atoms with Crippen LogP contribution in [-0.2, 0) is 9.59 Å². The van der Waals surface area contributed by atoms with Crippen LogP contribution in [0.3, 0.4) is 0 Å². The van der Waals surface area contributed by atoms with E-state index in [9.17, 15) is 14.0 Å². The van der Waals surface area contributed by atoms with Gasteiger partial charge in [0.2, 0.25) is 11.8 Å². The zero-order chi connectivity index (χ0) is 20.4. The smallest absolute Gasteiger partial charge is 0.229 e. The van der Waals surface area contributed by atoms with E-state index in [1.807, 2.05) is 24.3 Å². The van der Waals surface area contributed by atoms with Gasteiger partial charge in [0.1, 0.15) is 5.82 Å². The minimum absolute atomic E-state index is 0.0869. The van der Waals surface area contributed by atoms with Crippen LogP contribution in [0.4, 0.5) is 21.5 Å². The summed E-state index contributed by atoms with van der Waals surface area (Å²) in [5, 5.41) is 3.01. The van der Waals surface area contributed by atoms with Crippen molar-refractivity contribution in [2.24, 2.45) is 11.8 Å². The monoisotopic (exact) mass is 395 g/mol. The molecule has 2 amide bonds. The van der Waals surface area contributed by atoms with Crippen LogP contribution in [-0.4, -0.2) is 31.4 Å². The van der Waals surface area contributed by atoms with Crippen molar-refractivity contribution in [1.29, 1.82) is 0 Å². The van der Waals surface area contributed by atoms with Gasteiger partial charge < -0.3 is 15.1 Å². The van der Waals surface area contributed by atoms with Crippen molar-refractivity contribution in [3.8, 4) is 0 Å². The fourth-order valence-electron chi connectivity index (χ4n) is 4.13. The van der Waals surface area contributed by atoms with Gasteiger partial charge in [0.05, 0.1) is 23.0 Å². The van der Waals surface area contributed by atoms with Crippen molar-refractivity contribution >= 4 is 28.9 Å². The lowest BCUT2D eigenvalue weighted by Crippen LogP contribution is -2.34. The molecule has 6 heteroatoms. The number of amides is 2. The highest BCUT2D eigenvalue weighted by Gasteiger charge is 2.36. The van der Waals surface area contributed by atoms with E-state index in [2.05, 4.69) is 17.1 Å². The number of hydrogen-bond donors (Lipinski definition) is 1. The molecule has 4 rings (SSSR count). The second-order valence-corrected chi connectivity index (χ2v) is 8.03. The number of benzene rings is 2. The summed E-state index contributed by atoms with van der Waals surface area (Å²) in [6.07, 6.45) is 2.36. The van der Waals surface area contributed by atoms with Crippen LogP contribution in [0.25, 0.3) is 0 Å². The van der Waals surface area contributed by atoms with Gasteiger partial charge in [-0.25, -0.2) is 4.39 Å². The summed E-state index contributed by atoms with van der Waals surface area (Å²) < 4.78 is 14.1. The third kappa shape index (κ3) is 4.11. The Morgan fingerprint density at radius 2 is 1.69 bits per heavy atom. The maximum absolute atomic E-state index is 14.1. The van der Waals surface area contributed by atoms with Crippen molar-refractivity contribution in [2.75, 3.05) is 34.8 Å². The summed E-state index contributed by atoms with van der Waals surface area (Å²) in [6, 6.07) is 14.0. The lowest BCUT2D eigenvalue weighted by molar-refractivity contribution is -0.122. The predicted octanol–water partition coefficient (Wildman–Crippen LogP) is 4.05. The van der Waals surface area contributed by atoms with Gasteiger partial charge in [-0.1, -0.05) is 31.2 Å². The van der Waals surface area contributed by atoms with E-state index in [0.717, 1.165) is 43.2 Å². The highest BCUT2D eigenvalue weighted by Crippen LogP contribution is 2.32. The normalized spacial score (nSPS) is 20.2. The molecule has 0 spiro atoms. The Bertz CT molecular complexity index is 909. The maximum atomic E-state index is 14.1. The van der Waals surface area contributed by atoms with E-state index in [0.29, 0.717) is 0 Å². The van der Waals surface area contributed by atoms with Crippen LogP contribution in [0.15, 0.2) is 48.5 Å². The van der Waals surface area contributed by atoms with Crippen LogP contribution < -0.4 is 15.1 Å². The van der Waals surface area contributed by atoms with E-state index < -0.39 is 11.7 Å². The first-order chi connectivity index (χ1) is 14.0. The van der Waals surface area contributed by atoms with E-state index in [1.54, 1.807) is 18.2 Å². The fourth-order valence-corrected chi connectivity index (χ4v) is 4.13. The van der Waals surface area contributed by atoms with Crippen molar-refractivity contribution in [3.05, 3.63) is 54.3 Å². The van der Waals surface area contributed by atoms with E-state index in [4.69, 9.17) is 0 Å². The first-order valence-electron chi connectivity index (χ1n) is 10.2. The first kappa shape index (κ1) is 19.4. The highest BCUT2D eigenvalue weighted by atomic mass is 19.1. The van der Waals surface area contributed by atoms with Crippen LogP contribution in [0.2, 0.25) is 0 Å². The first-order valence-corrected chi connectivity index (χ1v) is 10.2. The van der Waals surface area contributed by atoms with Gasteiger partial charge in [-0.05, 0) is 43.0 Å². The number of carbonyl (C=O) groups excluding carboxylic acids is 2. The largest absolute Gasteiger partial charge is 0.370 e. The van der Waals surface area contributed by atoms with Crippen molar-refractivity contribution in [3.63, 3.8) is 0 Å². The maximum Gasteiger partial charge on any atom is 0.229 e. The van der Waals surface area contributed by atoms with Gasteiger partial charge in [0, 0.05) is 26.1 Å². The number of halogens is 1. The van der Waals surface area contributed by atoms with Gasteiger partial charge in [0.15, 0.2) is 0 Å². The lowest BCUT2D eigenvalue weighted by atomic mass is 9.98. The molecule has 0 bridgehead atoms. The molecule has 2 heterocycles. The Kier molecular flexibility index (Phi) is 5.51. The average molecular weight is 395 g/mol. The van der Waals surface area contributed by atoms with Gasteiger partial charge in [0.25, 0.3) is 0 Å². The molecule has 2 aromatic rings. The molecule has 0 aliphatic carbocycles. The molecule has 2 saturated heterocycles. The summed E-state index contributed by atoms with van der Waals surface area (Å²) in [5.74, 6) is -0.659. The van der Waals surface area contributed by atoms with Crippen LogP contribution >= 0.6 is 0 Å². The van der Waals surface area contributed by atoms with Crippen LogP contribution in [0.5, 0.6) is 0 Å². The Balaban J connectivity index is 1.47. The molecule has 0 unspecified atom stereocenters. The molecular weight excluding hydrogens is 369 g/mol. The molecule has 2 aliphatic rings. The number of carbonyl (C=O) groups is 2. The summed E-state index contributed by atoms with van der Waals surface area (Å²) in [4.78, 5) is 29.0. The second kappa shape index (κ2) is 8.23. The molecule has 2 aliphatic heterocycles. The summed E-state index contributed by atoms with van der Waals surface area (Å²) in [5.41, 5.74) is 2.02. The second-order valence-electron chi connectivity index (χ2n) is 8.03. The third-order valence-electron chi connectivity index (χ3n) is 5.93. The van der Waals surface area contributed by atoms with Crippen LogP contribution in [0.1, 0.15) is 26.2 Å². The molecule has 152 valence electrons. The molecule has 5 nitrogen and oxygen atoms in total. The molecule has 2 fully saturated rings. The summed E-state index contributed by atoms with van der Waals surface area (Å²) >= 11 is 0. The van der Waals surface area contributed by atoms with Gasteiger partial charge >= 0.3 is 0 Å². The number of anilines is 3. The molecule has 0 saturated carbocycles. The van der Waals surface area contributed by atoms with Crippen molar-refractivity contribution in [2.45, 2.75) is 26.2 Å². The number of nitrogens with one attached hydrogen (secondary N) is 1. The molecule has 0 aromatic heterocycles. The Labute approximate surface area is 170 Å². The Morgan fingerprint density at radius 3 is 2.41 bits per heavy atom. The predicted molar refractivity (Wildman–Crippen MR) is 113 cm³/mol. The van der Waals surface area contributed by atoms with Crippen molar-refractivity contribution in [1.82, 2.24) is 0 Å². The SMILES string of the molecule is CC1CCN(c2ccccc2NC(=O)[C@H]2CC(=O)N(c3ccccc3F)C2)CC1. The Hall–Kier alpha value is -2.89. The van der Waals surface area contributed by atoms with Crippen molar-refractivity contribution < 1.29 is 14.0 Å². The topological polar surface area (TPSA) is 52.7 Å². The van der Waals surface area contributed by atoms with E-state index in [1.165, 1.54) is 11.0 Å². The Morgan fingerprint density at radius 1 is 1.03 bits per heavy atom. The standard InChI is InChI=1S/C23H26FN3O2/c1-16-10-12-26(13-11-16)21-9-5-3-7-19(21)25-23(29)17-14-22(28)27(15-17)20-8-4-2-6-18(20)24/h2-9,16-17H,10-15H2,1H3,(H,25,29)/t17-/m0/s1. The number of rotatable bonds is 4. The lowest BCUT2D eigenvalue weighted by Gasteiger charge is -2.33. The fraction of sp³-hybridized carbons (Fsp3) is 0.391. The van der Waals surface area contributed by atoms with E-state index in [-0.39, 0.29) is 30.5 Å². The highest BCUT2D eigenvalue weighted by molar-refractivity contribution is 6.04. The number of para-hydroxylation sites is 3. The average Bonchev–Trinajstić information content (AvgIpc) is 3.11. The zero-order valence-electron chi connectivity index (χ0n) is 16.6. The third-order valence-corrected chi connectivity index (χ3v) is 5.93. The van der Waals surface area contributed by atoms with Gasteiger partial charge in [-0.2, -0.15) is 0 Å². The molecule has 1 N–H and O–H groups in total. The summed E-state index contributed by atoms with van der Waals surface area (Å²) in [7, 11) is 0. The van der Waals surface area contributed by atoms with E-state index >= 15 is 0 Å². The quantitative estimate of drug-likeness (QED) is 0.850. The number of piperidine rings is 1.